The Labute approximate surface area is 139 Å². The molecule has 3 heteroatoms. The van der Waals surface area contributed by atoms with E-state index in [-0.39, 0.29) is 12.2 Å². The van der Waals surface area contributed by atoms with E-state index in [0.29, 0.717) is 13.2 Å². The lowest BCUT2D eigenvalue weighted by molar-refractivity contribution is 0.0439. The quantitative estimate of drug-likeness (QED) is 0.715. The fraction of sp³-hybridized carbons (Fsp3) is 0.400. The molecule has 2 unspecified atom stereocenters. The minimum Gasteiger partial charge on any atom is -0.372 e. The summed E-state index contributed by atoms with van der Waals surface area (Å²) in [6, 6.07) is 20.7. The van der Waals surface area contributed by atoms with E-state index in [2.05, 4.69) is 29.6 Å². The molecule has 2 atom stereocenters. The van der Waals surface area contributed by atoms with Gasteiger partial charge in [0.05, 0.1) is 12.2 Å². The first kappa shape index (κ1) is 17.7. The Bertz CT molecular complexity index is 480. The van der Waals surface area contributed by atoms with Crippen LogP contribution in [0.4, 0.5) is 0 Å². The number of hydrogen-bond acceptors (Lipinski definition) is 3. The first-order valence-electron chi connectivity index (χ1n) is 8.39. The van der Waals surface area contributed by atoms with Gasteiger partial charge < -0.3 is 14.8 Å². The van der Waals surface area contributed by atoms with Crippen molar-refractivity contribution in [1.82, 2.24) is 5.32 Å². The highest BCUT2D eigenvalue weighted by molar-refractivity contribution is 5.19. The summed E-state index contributed by atoms with van der Waals surface area (Å²) >= 11 is 0. The Balaban J connectivity index is 1.92. The molecule has 0 radical (unpaired) electrons. The Morgan fingerprint density at radius 2 is 1.09 bits per heavy atom. The van der Waals surface area contributed by atoms with Crippen molar-refractivity contribution < 1.29 is 9.47 Å². The van der Waals surface area contributed by atoms with Crippen molar-refractivity contribution in [3.63, 3.8) is 0 Å². The van der Waals surface area contributed by atoms with Gasteiger partial charge in [-0.1, -0.05) is 60.7 Å². The van der Waals surface area contributed by atoms with Gasteiger partial charge in [-0.3, -0.25) is 0 Å². The zero-order chi connectivity index (χ0) is 16.3. The van der Waals surface area contributed by atoms with Crippen molar-refractivity contribution >= 4 is 0 Å². The predicted octanol–water partition coefficient (Wildman–Crippen LogP) is 4.13. The van der Waals surface area contributed by atoms with E-state index < -0.39 is 0 Å². The van der Waals surface area contributed by atoms with Crippen molar-refractivity contribution in [1.29, 1.82) is 0 Å². The van der Waals surface area contributed by atoms with Crippen molar-refractivity contribution in [3.8, 4) is 0 Å². The van der Waals surface area contributed by atoms with Gasteiger partial charge in [0.25, 0.3) is 0 Å². The van der Waals surface area contributed by atoms with E-state index in [1.54, 1.807) is 0 Å². The Morgan fingerprint density at radius 3 is 1.43 bits per heavy atom. The average Bonchev–Trinajstić information content (AvgIpc) is 2.61. The van der Waals surface area contributed by atoms with Crippen LogP contribution in [0.1, 0.15) is 37.2 Å². The molecule has 2 rings (SSSR count). The molecule has 0 spiro atoms. The Kier molecular flexibility index (Phi) is 7.81. The molecule has 0 aromatic heterocycles. The largest absolute Gasteiger partial charge is 0.372 e. The Hall–Kier alpha value is -1.68. The van der Waals surface area contributed by atoms with Crippen LogP contribution in [0.25, 0.3) is 0 Å². The van der Waals surface area contributed by atoms with Gasteiger partial charge in [0.2, 0.25) is 0 Å². The number of rotatable bonds is 10. The van der Waals surface area contributed by atoms with Gasteiger partial charge >= 0.3 is 0 Å². The summed E-state index contributed by atoms with van der Waals surface area (Å²) in [4.78, 5) is 0. The molecule has 3 nitrogen and oxygen atoms in total. The molecular weight excluding hydrogens is 286 g/mol. The highest BCUT2D eigenvalue weighted by atomic mass is 16.5. The van der Waals surface area contributed by atoms with Gasteiger partial charge in [-0.2, -0.15) is 0 Å². The van der Waals surface area contributed by atoms with Crippen LogP contribution in [-0.4, -0.2) is 26.3 Å². The van der Waals surface area contributed by atoms with Crippen LogP contribution in [0.5, 0.6) is 0 Å². The highest BCUT2D eigenvalue weighted by Crippen LogP contribution is 2.18. The fourth-order valence-electron chi connectivity index (χ4n) is 2.63. The molecule has 124 valence electrons. The maximum atomic E-state index is 5.87. The molecule has 0 bridgehead atoms. The van der Waals surface area contributed by atoms with E-state index >= 15 is 0 Å². The predicted molar refractivity (Wildman–Crippen MR) is 94.5 cm³/mol. The van der Waals surface area contributed by atoms with Crippen LogP contribution >= 0.6 is 0 Å². The van der Waals surface area contributed by atoms with Gasteiger partial charge in [0.15, 0.2) is 0 Å². The first-order valence-corrected chi connectivity index (χ1v) is 8.39. The van der Waals surface area contributed by atoms with Gasteiger partial charge in [-0.15, -0.1) is 0 Å². The maximum Gasteiger partial charge on any atom is 0.0949 e. The van der Waals surface area contributed by atoms with Crippen molar-refractivity contribution in [2.24, 2.45) is 0 Å². The van der Waals surface area contributed by atoms with E-state index in [9.17, 15) is 0 Å². The molecule has 0 fully saturated rings. The van der Waals surface area contributed by atoms with Crippen molar-refractivity contribution in [2.45, 2.75) is 26.1 Å². The van der Waals surface area contributed by atoms with E-state index in [1.165, 1.54) is 11.1 Å². The molecule has 0 saturated carbocycles. The smallest absolute Gasteiger partial charge is 0.0949 e. The molecule has 0 aliphatic rings. The third kappa shape index (κ3) is 5.79. The minimum absolute atomic E-state index is 0.0687. The summed E-state index contributed by atoms with van der Waals surface area (Å²) in [5.41, 5.74) is 2.41. The highest BCUT2D eigenvalue weighted by Gasteiger charge is 2.14. The number of nitrogens with one attached hydrogen (secondary N) is 1. The number of benzene rings is 2. The molecule has 0 aliphatic heterocycles. The molecular formula is C20H27NO2. The third-order valence-electron chi connectivity index (χ3n) is 3.74. The van der Waals surface area contributed by atoms with Crippen LogP contribution in [0.15, 0.2) is 60.7 Å². The van der Waals surface area contributed by atoms with Crippen LogP contribution in [0, 0.1) is 0 Å². The average molecular weight is 313 g/mol. The van der Waals surface area contributed by atoms with E-state index in [0.717, 1.165) is 13.1 Å². The topological polar surface area (TPSA) is 30.5 Å². The number of hydrogen-bond donors (Lipinski definition) is 1. The molecule has 1 N–H and O–H groups in total. The lowest BCUT2D eigenvalue weighted by Gasteiger charge is -2.22. The molecule has 0 aliphatic carbocycles. The standard InChI is InChI=1S/C20H27NO2/c1-3-22-19(17-11-7-5-8-12-17)15-21-16-20(23-4-2)18-13-9-6-10-14-18/h5-14,19-21H,3-4,15-16H2,1-2H3. The Morgan fingerprint density at radius 1 is 0.696 bits per heavy atom. The normalized spacial score (nSPS) is 13.7. The zero-order valence-corrected chi connectivity index (χ0v) is 14.1. The summed E-state index contributed by atoms with van der Waals surface area (Å²) in [5, 5.41) is 3.50. The van der Waals surface area contributed by atoms with Crippen LogP contribution < -0.4 is 5.32 Å². The van der Waals surface area contributed by atoms with Crippen molar-refractivity contribution in [2.75, 3.05) is 26.3 Å². The summed E-state index contributed by atoms with van der Waals surface area (Å²) in [6.07, 6.45) is 0.137. The van der Waals surface area contributed by atoms with E-state index in [1.807, 2.05) is 50.2 Å². The SMILES string of the molecule is CCOC(CNCC(OCC)c1ccccc1)c1ccccc1. The number of ether oxygens (including phenoxy) is 2. The fourth-order valence-corrected chi connectivity index (χ4v) is 2.63. The van der Waals surface area contributed by atoms with Crippen LogP contribution in [0.2, 0.25) is 0 Å². The van der Waals surface area contributed by atoms with Gasteiger partial charge in [0.1, 0.15) is 0 Å². The molecule has 0 saturated heterocycles. The lowest BCUT2D eigenvalue weighted by Crippen LogP contribution is -2.29. The molecule has 2 aromatic rings. The minimum atomic E-state index is 0.0687. The molecule has 0 amide bonds. The van der Waals surface area contributed by atoms with E-state index in [4.69, 9.17) is 9.47 Å². The van der Waals surface area contributed by atoms with Gasteiger partial charge in [0, 0.05) is 26.3 Å². The van der Waals surface area contributed by atoms with Gasteiger partial charge in [-0.25, -0.2) is 0 Å². The summed E-state index contributed by atoms with van der Waals surface area (Å²) < 4.78 is 11.7. The lowest BCUT2D eigenvalue weighted by atomic mass is 10.1. The summed E-state index contributed by atoms with van der Waals surface area (Å²) in [6.45, 7) is 7.01. The zero-order valence-electron chi connectivity index (χ0n) is 14.1. The monoisotopic (exact) mass is 313 g/mol. The molecule has 23 heavy (non-hydrogen) atoms. The summed E-state index contributed by atoms with van der Waals surface area (Å²) in [5.74, 6) is 0. The third-order valence-corrected chi connectivity index (χ3v) is 3.74. The van der Waals surface area contributed by atoms with Crippen LogP contribution in [-0.2, 0) is 9.47 Å². The first-order chi connectivity index (χ1) is 11.3. The molecule has 0 heterocycles. The summed E-state index contributed by atoms with van der Waals surface area (Å²) in [7, 11) is 0. The second kappa shape index (κ2) is 10.2. The molecule has 2 aromatic carbocycles. The van der Waals surface area contributed by atoms with Gasteiger partial charge in [-0.05, 0) is 25.0 Å². The second-order valence-corrected chi connectivity index (χ2v) is 5.37. The van der Waals surface area contributed by atoms with Crippen molar-refractivity contribution in [3.05, 3.63) is 71.8 Å². The second-order valence-electron chi connectivity index (χ2n) is 5.37. The maximum absolute atomic E-state index is 5.87. The van der Waals surface area contributed by atoms with Crippen LogP contribution in [0.3, 0.4) is 0 Å².